The molecule has 1 aliphatic heterocycles. The molecule has 0 aromatic carbocycles. The average molecular weight is 425 g/mol. The molecule has 1 fully saturated rings. The van der Waals surface area contributed by atoms with E-state index in [2.05, 4.69) is 33.6 Å². The van der Waals surface area contributed by atoms with E-state index in [1.54, 1.807) is 18.4 Å². The van der Waals surface area contributed by atoms with Gasteiger partial charge in [0.15, 0.2) is 5.96 Å². The van der Waals surface area contributed by atoms with Crippen molar-refractivity contribution in [2.75, 3.05) is 40.5 Å². The molecule has 1 N–H and O–H groups in total. The molecule has 0 bridgehead atoms. The highest BCUT2D eigenvalue weighted by Gasteiger charge is 2.22. The first-order chi connectivity index (χ1) is 9.74. The van der Waals surface area contributed by atoms with Crippen LogP contribution in [0.15, 0.2) is 16.4 Å². The van der Waals surface area contributed by atoms with E-state index in [-0.39, 0.29) is 30.1 Å². The third-order valence-corrected chi connectivity index (χ3v) is 4.40. The predicted octanol–water partition coefficient (Wildman–Crippen LogP) is 2.10. The Kier molecular flexibility index (Phi) is 8.53. The van der Waals surface area contributed by atoms with Gasteiger partial charge in [-0.1, -0.05) is 0 Å². The Morgan fingerprint density at radius 1 is 1.62 bits per heavy atom. The van der Waals surface area contributed by atoms with Gasteiger partial charge in [-0.2, -0.15) is 0 Å². The van der Waals surface area contributed by atoms with Gasteiger partial charge in [-0.15, -0.1) is 35.3 Å². The number of guanidine groups is 1. The molecule has 1 atom stereocenters. The molecule has 1 aliphatic rings. The number of hydrogen-bond donors (Lipinski definition) is 1. The number of nitrogens with one attached hydrogen (secondary N) is 1. The maximum Gasteiger partial charge on any atom is 0.194 e. The second kappa shape index (κ2) is 9.60. The number of ether oxygens (including phenoxy) is 2. The van der Waals surface area contributed by atoms with Crippen molar-refractivity contribution < 1.29 is 9.47 Å². The molecule has 0 radical (unpaired) electrons. The van der Waals surface area contributed by atoms with E-state index in [4.69, 9.17) is 9.47 Å². The molecule has 21 heavy (non-hydrogen) atoms. The first-order valence-electron chi connectivity index (χ1n) is 6.83. The highest BCUT2D eigenvalue weighted by atomic mass is 127. The van der Waals surface area contributed by atoms with Gasteiger partial charge < -0.3 is 19.7 Å². The fourth-order valence-electron chi connectivity index (χ4n) is 2.28. The van der Waals surface area contributed by atoms with Crippen molar-refractivity contribution in [3.05, 3.63) is 21.9 Å². The second-order valence-electron chi connectivity index (χ2n) is 4.82. The Hall–Kier alpha value is -0.380. The molecule has 2 heterocycles. The number of aliphatic imine (C=N–C) groups is 1. The highest BCUT2D eigenvalue weighted by Crippen LogP contribution is 2.15. The Morgan fingerprint density at radius 3 is 3.05 bits per heavy atom. The largest absolute Gasteiger partial charge is 0.382 e. The number of hydrogen-bond acceptors (Lipinski definition) is 4. The number of morpholine rings is 1. The van der Waals surface area contributed by atoms with Crippen molar-refractivity contribution in [1.82, 2.24) is 10.2 Å². The van der Waals surface area contributed by atoms with Gasteiger partial charge >= 0.3 is 0 Å². The van der Waals surface area contributed by atoms with Gasteiger partial charge in [-0.05, 0) is 23.9 Å². The standard InChI is InChI=1S/C14H23N3O2S.HI/c1-11-4-7-20-13(11)8-16-14(15-2)17-5-6-19-12(9-17)10-18-3;/h4,7,12H,5-6,8-10H2,1-3H3,(H,15,16);1H. The van der Waals surface area contributed by atoms with Gasteiger partial charge in [0.25, 0.3) is 0 Å². The van der Waals surface area contributed by atoms with Crippen LogP contribution in [0.3, 0.4) is 0 Å². The highest BCUT2D eigenvalue weighted by molar-refractivity contribution is 14.0. The van der Waals surface area contributed by atoms with E-state index in [9.17, 15) is 0 Å². The normalized spacial score (nSPS) is 19.3. The van der Waals surface area contributed by atoms with Crippen molar-refractivity contribution in [3.8, 4) is 0 Å². The Morgan fingerprint density at radius 2 is 2.43 bits per heavy atom. The van der Waals surface area contributed by atoms with E-state index in [1.807, 2.05) is 7.05 Å². The lowest BCUT2D eigenvalue weighted by Gasteiger charge is -2.34. The van der Waals surface area contributed by atoms with Crippen LogP contribution in [0.2, 0.25) is 0 Å². The molecule has 0 aliphatic carbocycles. The molecule has 1 unspecified atom stereocenters. The molecule has 1 aromatic rings. The summed E-state index contributed by atoms with van der Waals surface area (Å²) in [6.07, 6.45) is 0.121. The first-order valence-corrected chi connectivity index (χ1v) is 7.71. The minimum atomic E-state index is 0. The van der Waals surface area contributed by atoms with Crippen LogP contribution < -0.4 is 5.32 Å². The van der Waals surface area contributed by atoms with Crippen molar-refractivity contribution in [1.29, 1.82) is 0 Å². The van der Waals surface area contributed by atoms with Crippen molar-refractivity contribution in [2.45, 2.75) is 19.6 Å². The van der Waals surface area contributed by atoms with Crippen LogP contribution in [0, 0.1) is 6.92 Å². The van der Waals surface area contributed by atoms with Crippen LogP contribution in [0.5, 0.6) is 0 Å². The van der Waals surface area contributed by atoms with Crippen molar-refractivity contribution in [3.63, 3.8) is 0 Å². The molecule has 0 amide bonds. The minimum Gasteiger partial charge on any atom is -0.382 e. The van der Waals surface area contributed by atoms with Crippen LogP contribution in [0.25, 0.3) is 0 Å². The number of rotatable bonds is 4. The third kappa shape index (κ3) is 5.39. The Labute approximate surface area is 147 Å². The first kappa shape index (κ1) is 18.7. The number of aryl methyl sites for hydroxylation is 1. The molecule has 0 spiro atoms. The quantitative estimate of drug-likeness (QED) is 0.456. The Balaban J connectivity index is 0.00000220. The summed E-state index contributed by atoms with van der Waals surface area (Å²) in [5.41, 5.74) is 1.33. The van der Waals surface area contributed by atoms with E-state index in [1.165, 1.54) is 10.4 Å². The van der Waals surface area contributed by atoms with Crippen molar-refractivity contribution >= 4 is 41.3 Å². The third-order valence-electron chi connectivity index (χ3n) is 3.38. The topological polar surface area (TPSA) is 46.1 Å². The number of methoxy groups -OCH3 is 1. The lowest BCUT2D eigenvalue weighted by molar-refractivity contribution is -0.0447. The number of thiophene rings is 1. The van der Waals surface area contributed by atoms with E-state index >= 15 is 0 Å². The Bertz CT molecular complexity index is 451. The molecular weight excluding hydrogens is 401 g/mol. The number of halogens is 1. The molecule has 1 saturated heterocycles. The summed E-state index contributed by atoms with van der Waals surface area (Å²) in [5, 5.41) is 5.56. The summed E-state index contributed by atoms with van der Waals surface area (Å²) in [4.78, 5) is 7.96. The van der Waals surface area contributed by atoms with Gasteiger partial charge in [0.2, 0.25) is 0 Å². The van der Waals surface area contributed by atoms with Crippen LogP contribution in [-0.4, -0.2) is 57.4 Å². The van der Waals surface area contributed by atoms with E-state index < -0.39 is 0 Å². The maximum absolute atomic E-state index is 5.67. The zero-order valence-electron chi connectivity index (χ0n) is 12.8. The van der Waals surface area contributed by atoms with Gasteiger partial charge in [0.05, 0.1) is 25.9 Å². The van der Waals surface area contributed by atoms with Gasteiger partial charge in [0.1, 0.15) is 0 Å². The van der Waals surface area contributed by atoms with E-state index in [0.717, 1.165) is 25.6 Å². The van der Waals surface area contributed by atoms with Gasteiger partial charge in [0, 0.05) is 32.1 Å². The van der Waals surface area contributed by atoms with Gasteiger partial charge in [-0.3, -0.25) is 4.99 Å². The lowest BCUT2D eigenvalue weighted by atomic mass is 10.3. The summed E-state index contributed by atoms with van der Waals surface area (Å²) >= 11 is 1.78. The summed E-state index contributed by atoms with van der Waals surface area (Å²) in [7, 11) is 3.53. The summed E-state index contributed by atoms with van der Waals surface area (Å²) in [5.74, 6) is 0.933. The summed E-state index contributed by atoms with van der Waals surface area (Å²) in [6, 6.07) is 2.15. The summed E-state index contributed by atoms with van der Waals surface area (Å²) < 4.78 is 10.8. The fraction of sp³-hybridized carbons (Fsp3) is 0.643. The van der Waals surface area contributed by atoms with Gasteiger partial charge in [-0.25, -0.2) is 0 Å². The fourth-order valence-corrected chi connectivity index (χ4v) is 3.12. The van der Waals surface area contributed by atoms with Crippen LogP contribution in [-0.2, 0) is 16.0 Å². The zero-order valence-corrected chi connectivity index (χ0v) is 15.9. The van der Waals surface area contributed by atoms with E-state index in [0.29, 0.717) is 13.2 Å². The van der Waals surface area contributed by atoms with Crippen LogP contribution >= 0.6 is 35.3 Å². The maximum atomic E-state index is 5.67. The molecule has 2 rings (SSSR count). The SMILES string of the molecule is CN=C(NCc1sccc1C)N1CCOC(COC)C1.I. The molecule has 120 valence electrons. The molecule has 0 saturated carbocycles. The average Bonchev–Trinajstić information content (AvgIpc) is 2.86. The van der Waals surface area contributed by atoms with Crippen LogP contribution in [0.4, 0.5) is 0 Å². The smallest absolute Gasteiger partial charge is 0.194 e. The predicted molar refractivity (Wildman–Crippen MR) is 97.9 cm³/mol. The zero-order chi connectivity index (χ0) is 14.4. The minimum absolute atomic E-state index is 0. The summed E-state index contributed by atoms with van der Waals surface area (Å²) in [6.45, 7) is 5.98. The van der Waals surface area contributed by atoms with Crippen LogP contribution in [0.1, 0.15) is 10.4 Å². The molecular formula is C14H24IN3O2S. The van der Waals surface area contributed by atoms with Crippen molar-refractivity contribution in [2.24, 2.45) is 4.99 Å². The lowest BCUT2D eigenvalue weighted by Crippen LogP contribution is -2.51. The molecule has 1 aromatic heterocycles. The number of nitrogens with zero attached hydrogens (tertiary/aromatic N) is 2. The molecule has 5 nitrogen and oxygen atoms in total. The monoisotopic (exact) mass is 425 g/mol. The molecule has 7 heteroatoms. The second-order valence-corrected chi connectivity index (χ2v) is 5.82.